The van der Waals surface area contributed by atoms with E-state index in [4.69, 9.17) is 5.11 Å². The smallest absolute Gasteiger partial charge is 0.333 e. The molecule has 0 saturated carbocycles. The number of benzene rings is 2. The molecule has 2 aromatic carbocycles. The summed E-state index contributed by atoms with van der Waals surface area (Å²) in [5.41, 5.74) is 2.62. The van der Waals surface area contributed by atoms with Crippen molar-refractivity contribution in [2.45, 2.75) is 17.9 Å². The molecule has 0 fully saturated rings. The van der Waals surface area contributed by atoms with Crippen LogP contribution in [0.15, 0.2) is 53.4 Å². The molecule has 0 aliphatic carbocycles. The maximum Gasteiger partial charge on any atom is 0.333 e. The van der Waals surface area contributed by atoms with Crippen molar-refractivity contribution in [1.29, 1.82) is 0 Å². The Bertz CT molecular complexity index is 885. The first kappa shape index (κ1) is 17.7. The lowest BCUT2D eigenvalue weighted by Crippen LogP contribution is -2.28. The Morgan fingerprint density at radius 3 is 1.92 bits per heavy atom. The molecule has 2 rings (SSSR count). The maximum atomic E-state index is 12.0. The first-order chi connectivity index (χ1) is 11.3. The van der Waals surface area contributed by atoms with Gasteiger partial charge in [-0.1, -0.05) is 29.5 Å². The highest BCUT2D eigenvalue weighted by atomic mass is 32.2. The predicted molar refractivity (Wildman–Crippen MR) is 89.3 cm³/mol. The molecule has 0 aliphatic heterocycles. The van der Waals surface area contributed by atoms with Gasteiger partial charge in [-0.25, -0.2) is 13.2 Å². The number of carboxylic acids is 1. The van der Waals surface area contributed by atoms with E-state index >= 15 is 0 Å². The van der Waals surface area contributed by atoms with Crippen molar-refractivity contribution in [1.82, 2.24) is 0 Å². The number of aliphatic hydroxyl groups is 1. The van der Waals surface area contributed by atoms with Crippen LogP contribution in [0.4, 0.5) is 0 Å². The third-order valence-corrected chi connectivity index (χ3v) is 5.02. The molecule has 6 heteroatoms. The number of aliphatic hydroxyl groups excluding tert-OH is 1. The SMILES string of the molecule is Cc1ccc(C#Cc2ccc(S(=O)(=O)C[C@@H](O)C(=O)O)cc2)cc1. The summed E-state index contributed by atoms with van der Waals surface area (Å²) in [5, 5.41) is 17.8. The Morgan fingerprint density at radius 2 is 1.46 bits per heavy atom. The molecule has 0 spiro atoms. The number of rotatable bonds is 4. The molecule has 0 unspecified atom stereocenters. The number of hydrogen-bond donors (Lipinski definition) is 2. The van der Waals surface area contributed by atoms with Crippen molar-refractivity contribution >= 4 is 15.8 Å². The first-order valence-corrected chi connectivity index (χ1v) is 8.75. The highest BCUT2D eigenvalue weighted by Gasteiger charge is 2.24. The van der Waals surface area contributed by atoms with E-state index in [1.807, 2.05) is 31.2 Å². The van der Waals surface area contributed by atoms with Gasteiger partial charge in [0.1, 0.15) is 0 Å². The normalized spacial score (nSPS) is 12.1. The molecule has 0 heterocycles. The number of carboxylic acid groups (broad SMARTS) is 1. The van der Waals surface area contributed by atoms with Crippen molar-refractivity contribution in [2.75, 3.05) is 5.75 Å². The van der Waals surface area contributed by atoms with Gasteiger partial charge in [-0.3, -0.25) is 0 Å². The van der Waals surface area contributed by atoms with Crippen LogP contribution in [0, 0.1) is 18.8 Å². The highest BCUT2D eigenvalue weighted by molar-refractivity contribution is 7.91. The zero-order valence-corrected chi connectivity index (χ0v) is 13.7. The molecule has 0 amide bonds. The van der Waals surface area contributed by atoms with Crippen LogP contribution in [0.2, 0.25) is 0 Å². The zero-order chi connectivity index (χ0) is 17.7. The quantitative estimate of drug-likeness (QED) is 0.822. The molecule has 0 radical (unpaired) electrons. The predicted octanol–water partition coefficient (Wildman–Crippen LogP) is 1.61. The third-order valence-electron chi connectivity index (χ3n) is 3.28. The standard InChI is InChI=1S/C18H16O5S/c1-13-2-4-14(5-3-13)6-7-15-8-10-16(11-9-15)24(22,23)12-17(19)18(20)21/h2-5,8-11,17,19H,12H2,1H3,(H,20,21)/t17-/m1/s1. The molecule has 24 heavy (non-hydrogen) atoms. The minimum atomic E-state index is -3.87. The van der Waals surface area contributed by atoms with Crippen molar-refractivity contribution in [3.63, 3.8) is 0 Å². The molecule has 2 N–H and O–H groups in total. The van der Waals surface area contributed by atoms with E-state index < -0.39 is 27.7 Å². The van der Waals surface area contributed by atoms with Gasteiger partial charge in [0, 0.05) is 11.1 Å². The number of hydrogen-bond acceptors (Lipinski definition) is 4. The van der Waals surface area contributed by atoms with Gasteiger partial charge < -0.3 is 10.2 Å². The first-order valence-electron chi connectivity index (χ1n) is 7.10. The maximum absolute atomic E-state index is 12.0. The summed E-state index contributed by atoms with van der Waals surface area (Å²) in [6.45, 7) is 1.98. The molecule has 2 aromatic rings. The molecule has 5 nitrogen and oxygen atoms in total. The van der Waals surface area contributed by atoms with Gasteiger partial charge >= 0.3 is 5.97 Å². The van der Waals surface area contributed by atoms with Crippen LogP contribution < -0.4 is 0 Å². The Hall–Kier alpha value is -2.62. The summed E-state index contributed by atoms with van der Waals surface area (Å²) in [5.74, 6) is 3.47. The van der Waals surface area contributed by atoms with E-state index in [2.05, 4.69) is 11.8 Å². The Morgan fingerprint density at radius 1 is 1.00 bits per heavy atom. The monoisotopic (exact) mass is 344 g/mol. The van der Waals surface area contributed by atoms with Crippen LogP contribution in [-0.4, -0.2) is 36.5 Å². The van der Waals surface area contributed by atoms with E-state index in [0.29, 0.717) is 5.56 Å². The van der Waals surface area contributed by atoms with Gasteiger partial charge in [-0.2, -0.15) is 0 Å². The largest absolute Gasteiger partial charge is 0.479 e. The summed E-state index contributed by atoms with van der Waals surface area (Å²) in [6.07, 6.45) is -1.95. The average molecular weight is 344 g/mol. The van der Waals surface area contributed by atoms with E-state index in [1.54, 1.807) is 12.1 Å². The Labute approximate surface area is 140 Å². The second-order valence-electron chi connectivity index (χ2n) is 5.28. The molecular formula is C18H16O5S. The second-order valence-corrected chi connectivity index (χ2v) is 7.31. The third kappa shape index (κ3) is 4.69. The molecule has 0 aliphatic rings. The number of aryl methyl sites for hydroxylation is 1. The lowest BCUT2D eigenvalue weighted by atomic mass is 10.1. The van der Waals surface area contributed by atoms with Gasteiger partial charge in [-0.15, -0.1) is 0 Å². The summed E-state index contributed by atoms with van der Waals surface area (Å²) >= 11 is 0. The minimum absolute atomic E-state index is 0.0521. The summed E-state index contributed by atoms with van der Waals surface area (Å²) < 4.78 is 24.0. The van der Waals surface area contributed by atoms with Crippen LogP contribution in [0.5, 0.6) is 0 Å². The minimum Gasteiger partial charge on any atom is -0.479 e. The highest BCUT2D eigenvalue weighted by Crippen LogP contribution is 2.13. The lowest BCUT2D eigenvalue weighted by Gasteiger charge is -2.07. The zero-order valence-electron chi connectivity index (χ0n) is 12.9. The fraction of sp³-hybridized carbons (Fsp3) is 0.167. The van der Waals surface area contributed by atoms with Gasteiger partial charge in [-0.05, 0) is 43.3 Å². The van der Waals surface area contributed by atoms with Crippen molar-refractivity contribution in [2.24, 2.45) is 0 Å². The topological polar surface area (TPSA) is 91.7 Å². The molecule has 124 valence electrons. The van der Waals surface area contributed by atoms with E-state index in [9.17, 15) is 18.3 Å². The molecular weight excluding hydrogens is 328 g/mol. The van der Waals surface area contributed by atoms with Crippen LogP contribution >= 0.6 is 0 Å². The van der Waals surface area contributed by atoms with Crippen molar-refractivity contribution in [3.8, 4) is 11.8 Å². The second kappa shape index (κ2) is 7.30. The fourth-order valence-corrected chi connectivity index (χ4v) is 3.20. The van der Waals surface area contributed by atoms with Gasteiger partial charge in [0.25, 0.3) is 0 Å². The van der Waals surface area contributed by atoms with Crippen LogP contribution in [0.3, 0.4) is 0 Å². The fourth-order valence-electron chi connectivity index (χ4n) is 1.90. The molecule has 0 saturated heterocycles. The summed E-state index contributed by atoms with van der Waals surface area (Å²) in [7, 11) is -3.87. The van der Waals surface area contributed by atoms with Crippen LogP contribution in [0.1, 0.15) is 16.7 Å². The van der Waals surface area contributed by atoms with E-state index in [0.717, 1.165) is 11.1 Å². The van der Waals surface area contributed by atoms with Crippen LogP contribution in [-0.2, 0) is 14.6 Å². The van der Waals surface area contributed by atoms with Crippen LogP contribution in [0.25, 0.3) is 0 Å². The average Bonchev–Trinajstić information content (AvgIpc) is 2.54. The molecule has 0 aromatic heterocycles. The Balaban J connectivity index is 2.16. The molecule has 1 atom stereocenters. The summed E-state index contributed by atoms with van der Waals surface area (Å²) in [4.78, 5) is 10.5. The van der Waals surface area contributed by atoms with Gasteiger partial charge in [0.2, 0.25) is 0 Å². The Kier molecular flexibility index (Phi) is 5.39. The number of sulfone groups is 1. The number of aliphatic carboxylic acids is 1. The van der Waals surface area contributed by atoms with E-state index in [-0.39, 0.29) is 4.90 Å². The van der Waals surface area contributed by atoms with Crippen molar-refractivity contribution in [3.05, 3.63) is 65.2 Å². The summed E-state index contributed by atoms with van der Waals surface area (Å²) in [6, 6.07) is 13.5. The van der Waals surface area contributed by atoms with Gasteiger partial charge in [0.05, 0.1) is 10.6 Å². The molecule has 0 bridgehead atoms. The lowest BCUT2D eigenvalue weighted by molar-refractivity contribution is -0.145. The number of carbonyl (C=O) groups is 1. The van der Waals surface area contributed by atoms with Crippen molar-refractivity contribution < 1.29 is 23.4 Å². The van der Waals surface area contributed by atoms with E-state index in [1.165, 1.54) is 12.1 Å². The van der Waals surface area contributed by atoms with Gasteiger partial charge in [0.15, 0.2) is 15.9 Å².